The van der Waals surface area contributed by atoms with E-state index in [0.717, 1.165) is 16.0 Å². The van der Waals surface area contributed by atoms with Crippen molar-refractivity contribution >= 4 is 29.2 Å². The summed E-state index contributed by atoms with van der Waals surface area (Å²) in [7, 11) is 0. The van der Waals surface area contributed by atoms with Gasteiger partial charge in [0.25, 0.3) is 5.91 Å². The number of carbonyl (C=O) groups is 1. The summed E-state index contributed by atoms with van der Waals surface area (Å²) in [5.74, 6) is 0.0921. The Morgan fingerprint density at radius 2 is 1.91 bits per heavy atom. The summed E-state index contributed by atoms with van der Waals surface area (Å²) in [4.78, 5) is 13.9. The highest BCUT2D eigenvalue weighted by atomic mass is 32.2. The lowest BCUT2D eigenvalue weighted by Gasteiger charge is -2.06. The molecule has 0 unspecified atom stereocenters. The molecule has 0 aliphatic carbocycles. The van der Waals surface area contributed by atoms with E-state index < -0.39 is 5.91 Å². The Kier molecular flexibility index (Phi) is 6.26. The highest BCUT2D eigenvalue weighted by Gasteiger charge is 2.24. The first-order chi connectivity index (χ1) is 15.5. The molecule has 0 fully saturated rings. The molecule has 0 bridgehead atoms. The molecule has 2 heterocycles. The minimum Gasteiger partial charge on any atom is -0.378 e. The SMILES string of the molecule is C/C(=N/NC(=O)c1nnn(-c2nonc2N)c1CSc1ccc(C)cc1)c1ccccc1. The quantitative estimate of drug-likeness (QED) is 0.250. The van der Waals surface area contributed by atoms with Gasteiger partial charge < -0.3 is 5.73 Å². The zero-order valence-corrected chi connectivity index (χ0v) is 18.2. The van der Waals surface area contributed by atoms with E-state index in [1.54, 1.807) is 0 Å². The van der Waals surface area contributed by atoms with E-state index >= 15 is 0 Å². The fourth-order valence-corrected chi connectivity index (χ4v) is 3.72. The molecule has 0 spiro atoms. The van der Waals surface area contributed by atoms with E-state index in [1.807, 2.05) is 68.4 Å². The average Bonchev–Trinajstić information content (AvgIpc) is 3.43. The van der Waals surface area contributed by atoms with Crippen LogP contribution in [0.1, 0.15) is 34.2 Å². The van der Waals surface area contributed by atoms with Gasteiger partial charge >= 0.3 is 0 Å². The van der Waals surface area contributed by atoms with Gasteiger partial charge in [0.2, 0.25) is 11.6 Å². The van der Waals surface area contributed by atoms with Crippen LogP contribution in [-0.4, -0.2) is 36.9 Å². The van der Waals surface area contributed by atoms with E-state index in [2.05, 4.69) is 35.8 Å². The van der Waals surface area contributed by atoms with E-state index in [9.17, 15) is 4.79 Å². The van der Waals surface area contributed by atoms with Crippen LogP contribution in [0, 0.1) is 6.92 Å². The minimum absolute atomic E-state index is 0.0430. The van der Waals surface area contributed by atoms with E-state index in [0.29, 0.717) is 17.2 Å². The Labute approximate surface area is 187 Å². The molecular weight excluding hydrogens is 428 g/mol. The van der Waals surface area contributed by atoms with Gasteiger partial charge in [-0.1, -0.05) is 53.2 Å². The van der Waals surface area contributed by atoms with Gasteiger partial charge in [0.15, 0.2) is 5.69 Å². The second-order valence-electron chi connectivity index (χ2n) is 6.88. The first kappa shape index (κ1) is 21.2. The molecule has 0 radical (unpaired) electrons. The number of anilines is 1. The van der Waals surface area contributed by atoms with Crippen LogP contribution in [0.5, 0.6) is 0 Å². The van der Waals surface area contributed by atoms with Gasteiger partial charge in [-0.3, -0.25) is 4.79 Å². The molecule has 1 amide bonds. The molecule has 0 aliphatic heterocycles. The summed E-state index contributed by atoms with van der Waals surface area (Å²) in [6.07, 6.45) is 0. The molecule has 0 aliphatic rings. The number of hydrogen-bond acceptors (Lipinski definition) is 9. The number of hydrogen-bond donors (Lipinski definition) is 2. The van der Waals surface area contributed by atoms with Crippen LogP contribution in [0.15, 0.2) is 69.2 Å². The lowest BCUT2D eigenvalue weighted by atomic mass is 10.1. The first-order valence-corrected chi connectivity index (χ1v) is 10.6. The summed E-state index contributed by atoms with van der Waals surface area (Å²) < 4.78 is 6.04. The summed E-state index contributed by atoms with van der Waals surface area (Å²) in [6, 6.07) is 17.6. The summed E-state index contributed by atoms with van der Waals surface area (Å²) >= 11 is 1.52. The lowest BCUT2D eigenvalue weighted by Crippen LogP contribution is -2.21. The van der Waals surface area contributed by atoms with Crippen LogP contribution in [-0.2, 0) is 5.75 Å². The Bertz CT molecular complexity index is 1250. The predicted molar refractivity (Wildman–Crippen MR) is 120 cm³/mol. The zero-order valence-electron chi connectivity index (χ0n) is 17.4. The normalized spacial score (nSPS) is 11.5. The molecule has 2 aromatic heterocycles. The third kappa shape index (κ3) is 4.67. The zero-order chi connectivity index (χ0) is 22.5. The van der Waals surface area contributed by atoms with Crippen molar-refractivity contribution in [3.63, 3.8) is 0 Å². The number of nitrogens with two attached hydrogens (primary N) is 1. The third-order valence-electron chi connectivity index (χ3n) is 4.59. The predicted octanol–water partition coefficient (Wildman–Crippen LogP) is 2.99. The fraction of sp³-hybridized carbons (Fsp3) is 0.143. The monoisotopic (exact) mass is 448 g/mol. The molecule has 32 heavy (non-hydrogen) atoms. The molecule has 162 valence electrons. The van der Waals surface area contributed by atoms with Crippen molar-refractivity contribution in [2.24, 2.45) is 5.10 Å². The molecule has 2 aromatic carbocycles. The van der Waals surface area contributed by atoms with Crippen LogP contribution < -0.4 is 11.2 Å². The van der Waals surface area contributed by atoms with Gasteiger partial charge in [-0.25, -0.2) is 10.1 Å². The summed E-state index contributed by atoms with van der Waals surface area (Å²) in [6.45, 7) is 3.83. The van der Waals surface area contributed by atoms with Crippen molar-refractivity contribution in [1.82, 2.24) is 30.7 Å². The first-order valence-electron chi connectivity index (χ1n) is 9.65. The van der Waals surface area contributed by atoms with Crippen LogP contribution in [0.4, 0.5) is 5.82 Å². The minimum atomic E-state index is -0.499. The van der Waals surface area contributed by atoms with Crippen molar-refractivity contribution in [3.05, 3.63) is 77.1 Å². The molecule has 3 N–H and O–H groups in total. The average molecular weight is 449 g/mol. The Morgan fingerprint density at radius 3 is 2.59 bits per heavy atom. The van der Waals surface area contributed by atoms with Crippen molar-refractivity contribution in [1.29, 1.82) is 0 Å². The van der Waals surface area contributed by atoms with Crippen LogP contribution >= 0.6 is 11.8 Å². The topological polar surface area (TPSA) is 137 Å². The number of nitrogen functional groups attached to an aromatic ring is 1. The van der Waals surface area contributed by atoms with Gasteiger partial charge in [0.05, 0.1) is 11.4 Å². The van der Waals surface area contributed by atoms with Crippen molar-refractivity contribution in [2.75, 3.05) is 5.73 Å². The van der Waals surface area contributed by atoms with Crippen molar-refractivity contribution in [3.8, 4) is 5.82 Å². The van der Waals surface area contributed by atoms with Crippen LogP contribution in [0.3, 0.4) is 0 Å². The largest absolute Gasteiger partial charge is 0.378 e. The summed E-state index contributed by atoms with van der Waals surface area (Å²) in [5, 5.41) is 19.7. The number of thioether (sulfide) groups is 1. The van der Waals surface area contributed by atoms with Gasteiger partial charge in [-0.15, -0.1) is 16.9 Å². The number of nitrogens with zero attached hydrogens (tertiary/aromatic N) is 6. The van der Waals surface area contributed by atoms with E-state index in [1.165, 1.54) is 16.4 Å². The Hall–Kier alpha value is -3.99. The maximum absolute atomic E-state index is 12.9. The third-order valence-corrected chi connectivity index (χ3v) is 5.61. The number of rotatable bonds is 7. The molecule has 0 saturated carbocycles. The maximum Gasteiger partial charge on any atom is 0.293 e. The number of aryl methyl sites for hydroxylation is 1. The smallest absolute Gasteiger partial charge is 0.293 e. The van der Waals surface area contributed by atoms with Crippen molar-refractivity contribution < 1.29 is 9.42 Å². The number of aromatic nitrogens is 5. The molecule has 0 atom stereocenters. The molecule has 4 rings (SSSR count). The van der Waals surface area contributed by atoms with Crippen LogP contribution in [0.25, 0.3) is 5.82 Å². The van der Waals surface area contributed by atoms with Crippen molar-refractivity contribution in [2.45, 2.75) is 24.5 Å². The molecular formula is C21H20N8O2S. The lowest BCUT2D eigenvalue weighted by molar-refractivity contribution is 0.0949. The second kappa shape index (κ2) is 9.43. The second-order valence-corrected chi connectivity index (χ2v) is 7.92. The summed E-state index contributed by atoms with van der Waals surface area (Å²) in [5.41, 5.74) is 11.7. The highest BCUT2D eigenvalue weighted by Crippen LogP contribution is 2.26. The van der Waals surface area contributed by atoms with Gasteiger partial charge in [-0.05, 0) is 41.9 Å². The molecule has 11 heteroatoms. The number of carbonyl (C=O) groups excluding carboxylic acids is 1. The molecule has 0 saturated heterocycles. The number of nitrogens with one attached hydrogen (secondary N) is 1. The van der Waals surface area contributed by atoms with E-state index in [4.69, 9.17) is 5.73 Å². The standard InChI is InChI=1S/C21H20N8O2S/c1-13-8-10-16(11-9-13)32-12-17-18(24-28-29(17)20-19(22)26-31-27-20)21(30)25-23-14(2)15-6-4-3-5-7-15/h3-11H,12H2,1-2H3,(H2,22,26)(H,25,30)/b23-14-. The van der Waals surface area contributed by atoms with Gasteiger partial charge in [-0.2, -0.15) is 9.78 Å². The molecule has 10 nitrogen and oxygen atoms in total. The Morgan fingerprint density at radius 1 is 1.16 bits per heavy atom. The molecule has 4 aromatic rings. The number of benzene rings is 2. The van der Waals surface area contributed by atoms with E-state index in [-0.39, 0.29) is 17.3 Å². The fourth-order valence-electron chi connectivity index (χ4n) is 2.83. The Balaban J connectivity index is 1.60. The van der Waals surface area contributed by atoms with Gasteiger partial charge in [0.1, 0.15) is 0 Å². The maximum atomic E-state index is 12.9. The number of amides is 1. The number of hydrazone groups is 1. The van der Waals surface area contributed by atoms with Gasteiger partial charge in [0, 0.05) is 10.6 Å². The highest BCUT2D eigenvalue weighted by molar-refractivity contribution is 7.98. The van der Waals surface area contributed by atoms with Crippen LogP contribution in [0.2, 0.25) is 0 Å².